The van der Waals surface area contributed by atoms with Crippen LogP contribution >= 0.6 is 11.6 Å². The average molecular weight is 414 g/mol. The number of carbonyl (C=O) groups excluding carboxylic acids is 1. The van der Waals surface area contributed by atoms with E-state index in [1.807, 2.05) is 12.1 Å². The number of hydrogen-bond donors (Lipinski definition) is 1. The first kappa shape index (κ1) is 19.6. The van der Waals surface area contributed by atoms with Crippen LogP contribution in [0, 0.1) is 5.82 Å². The van der Waals surface area contributed by atoms with Crippen LogP contribution < -0.4 is 10.5 Å². The summed E-state index contributed by atoms with van der Waals surface area (Å²) in [5.74, 6) is 0.0972. The van der Waals surface area contributed by atoms with Crippen LogP contribution in [0.1, 0.15) is 13.3 Å². The summed E-state index contributed by atoms with van der Waals surface area (Å²) in [4.78, 5) is 18.7. The highest BCUT2D eigenvalue weighted by atomic mass is 35.5. The van der Waals surface area contributed by atoms with Crippen molar-refractivity contribution in [1.29, 1.82) is 0 Å². The maximum atomic E-state index is 13.4. The van der Waals surface area contributed by atoms with Crippen LogP contribution in [0.4, 0.5) is 4.39 Å². The Hall–Kier alpha value is -2.70. The van der Waals surface area contributed by atoms with E-state index in [1.54, 1.807) is 36.2 Å². The number of aromatic nitrogens is 1. The van der Waals surface area contributed by atoms with Crippen LogP contribution in [0.25, 0.3) is 22.0 Å². The molecule has 7 heteroatoms. The number of benzene rings is 2. The van der Waals surface area contributed by atoms with Gasteiger partial charge in [0.15, 0.2) is 6.10 Å². The lowest BCUT2D eigenvalue weighted by atomic mass is 10.0. The molecule has 1 saturated heterocycles. The summed E-state index contributed by atoms with van der Waals surface area (Å²) in [6.07, 6.45) is 1.86. The van der Waals surface area contributed by atoms with E-state index in [4.69, 9.17) is 22.1 Å². The molecular weight excluding hydrogens is 393 g/mol. The highest BCUT2D eigenvalue weighted by molar-refractivity contribution is 6.33. The number of likely N-dealkylation sites (tertiary alicyclic amines) is 1. The first-order valence-corrected chi connectivity index (χ1v) is 9.85. The Balaban J connectivity index is 1.59. The molecule has 2 N–H and O–H groups in total. The van der Waals surface area contributed by atoms with Gasteiger partial charge in [-0.15, -0.1) is 0 Å². The Morgan fingerprint density at radius 1 is 1.28 bits per heavy atom. The van der Waals surface area contributed by atoms with Crippen molar-refractivity contribution in [3.63, 3.8) is 0 Å². The van der Waals surface area contributed by atoms with E-state index >= 15 is 0 Å². The molecule has 5 nitrogen and oxygen atoms in total. The van der Waals surface area contributed by atoms with Crippen molar-refractivity contribution < 1.29 is 13.9 Å². The molecule has 2 heterocycles. The summed E-state index contributed by atoms with van der Waals surface area (Å²) in [6, 6.07) is 11.6. The van der Waals surface area contributed by atoms with Crippen LogP contribution in [0.5, 0.6) is 5.75 Å². The minimum atomic E-state index is -0.618. The van der Waals surface area contributed by atoms with Gasteiger partial charge in [-0.1, -0.05) is 11.6 Å². The number of carbonyl (C=O) groups is 1. The van der Waals surface area contributed by atoms with Crippen molar-refractivity contribution in [3.8, 4) is 16.9 Å². The fourth-order valence-electron chi connectivity index (χ4n) is 3.64. The van der Waals surface area contributed by atoms with Crippen molar-refractivity contribution in [1.82, 2.24) is 9.88 Å². The van der Waals surface area contributed by atoms with Gasteiger partial charge in [-0.2, -0.15) is 0 Å². The molecule has 2 atom stereocenters. The van der Waals surface area contributed by atoms with Crippen molar-refractivity contribution in [2.24, 2.45) is 5.73 Å². The predicted molar refractivity (Wildman–Crippen MR) is 111 cm³/mol. The Labute approximate surface area is 173 Å². The molecule has 150 valence electrons. The largest absolute Gasteiger partial charge is 0.481 e. The van der Waals surface area contributed by atoms with Gasteiger partial charge in [0, 0.05) is 42.3 Å². The number of nitrogens with two attached hydrogens (primary N) is 1. The fourth-order valence-corrected chi connectivity index (χ4v) is 3.91. The zero-order valence-corrected chi connectivity index (χ0v) is 16.7. The first-order chi connectivity index (χ1) is 13.9. The Bertz CT molecular complexity index is 1080. The van der Waals surface area contributed by atoms with Gasteiger partial charge in [0.1, 0.15) is 11.6 Å². The molecule has 1 aliphatic rings. The molecule has 3 aromatic rings. The van der Waals surface area contributed by atoms with Crippen molar-refractivity contribution >= 4 is 28.4 Å². The molecule has 1 aliphatic heterocycles. The van der Waals surface area contributed by atoms with E-state index in [9.17, 15) is 9.18 Å². The second-order valence-electron chi connectivity index (χ2n) is 7.25. The number of pyridine rings is 1. The van der Waals surface area contributed by atoms with Gasteiger partial charge in [-0.05, 0) is 55.3 Å². The number of hydrogen-bond acceptors (Lipinski definition) is 4. The van der Waals surface area contributed by atoms with Crippen molar-refractivity contribution in [2.45, 2.75) is 25.5 Å². The Morgan fingerprint density at radius 3 is 2.83 bits per heavy atom. The first-order valence-electron chi connectivity index (χ1n) is 9.47. The number of rotatable bonds is 4. The zero-order chi connectivity index (χ0) is 20.5. The number of halogens is 2. The Morgan fingerprint density at radius 2 is 2.10 bits per heavy atom. The van der Waals surface area contributed by atoms with Crippen LogP contribution in [0.3, 0.4) is 0 Å². The van der Waals surface area contributed by atoms with Crippen LogP contribution in [0.2, 0.25) is 5.02 Å². The molecule has 0 bridgehead atoms. The van der Waals surface area contributed by atoms with Crippen molar-refractivity contribution in [3.05, 3.63) is 59.5 Å². The summed E-state index contributed by atoms with van der Waals surface area (Å²) in [7, 11) is 0. The summed E-state index contributed by atoms with van der Waals surface area (Å²) >= 11 is 6.24. The molecule has 0 aliphatic carbocycles. The molecule has 1 aromatic heterocycles. The minimum absolute atomic E-state index is 0.0349. The normalized spacial score (nSPS) is 17.5. The van der Waals surface area contributed by atoms with Gasteiger partial charge in [-0.3, -0.25) is 9.78 Å². The molecular formula is C22H21ClFN3O2. The van der Waals surface area contributed by atoms with Crippen LogP contribution in [-0.2, 0) is 4.79 Å². The van der Waals surface area contributed by atoms with Gasteiger partial charge in [-0.25, -0.2) is 4.39 Å². The van der Waals surface area contributed by atoms with Crippen molar-refractivity contribution in [2.75, 3.05) is 13.1 Å². The third-order valence-corrected chi connectivity index (χ3v) is 5.45. The molecule has 2 aromatic carbocycles. The smallest absolute Gasteiger partial charge is 0.263 e. The Kier molecular flexibility index (Phi) is 5.39. The number of nitrogens with zero attached hydrogens (tertiary/aromatic N) is 2. The lowest BCUT2D eigenvalue weighted by Gasteiger charge is -2.21. The summed E-state index contributed by atoms with van der Waals surface area (Å²) in [5.41, 5.74) is 8.16. The summed E-state index contributed by atoms with van der Waals surface area (Å²) < 4.78 is 19.3. The molecule has 0 spiro atoms. The standard InChI is InChI=1S/C22H21ClFN3O2/c1-13(22(28)27-9-7-15(25)12-27)29-16-3-5-19-17(6-8-26-21(19)11-16)18-4-2-14(24)10-20(18)23/h2-6,8,10-11,13,15H,7,9,12,25H2,1H3/t13-,15-/m1/s1. The molecule has 1 amide bonds. The highest BCUT2D eigenvalue weighted by Gasteiger charge is 2.28. The lowest BCUT2D eigenvalue weighted by molar-refractivity contribution is -0.136. The second kappa shape index (κ2) is 7.97. The molecule has 29 heavy (non-hydrogen) atoms. The van der Waals surface area contributed by atoms with Gasteiger partial charge in [0.2, 0.25) is 0 Å². The number of amides is 1. The van der Waals surface area contributed by atoms with E-state index in [0.717, 1.165) is 22.9 Å². The average Bonchev–Trinajstić information content (AvgIpc) is 3.13. The maximum Gasteiger partial charge on any atom is 0.263 e. The van der Waals surface area contributed by atoms with E-state index in [-0.39, 0.29) is 17.8 Å². The third-order valence-electron chi connectivity index (χ3n) is 5.13. The van der Waals surface area contributed by atoms with E-state index in [1.165, 1.54) is 12.1 Å². The topological polar surface area (TPSA) is 68.5 Å². The lowest BCUT2D eigenvalue weighted by Crippen LogP contribution is -2.40. The van der Waals surface area contributed by atoms with Gasteiger partial charge < -0.3 is 15.4 Å². The number of ether oxygens (including phenoxy) is 1. The molecule has 0 radical (unpaired) electrons. The van der Waals surface area contributed by atoms with E-state index in [2.05, 4.69) is 4.98 Å². The number of fused-ring (bicyclic) bond motifs is 1. The van der Waals surface area contributed by atoms with Gasteiger partial charge in [0.25, 0.3) is 5.91 Å². The van der Waals surface area contributed by atoms with Crippen LogP contribution in [0.15, 0.2) is 48.7 Å². The highest BCUT2D eigenvalue weighted by Crippen LogP contribution is 2.34. The summed E-state index contributed by atoms with van der Waals surface area (Å²) in [6.45, 7) is 2.96. The van der Waals surface area contributed by atoms with Gasteiger partial charge in [0.05, 0.1) is 10.5 Å². The van der Waals surface area contributed by atoms with Gasteiger partial charge >= 0.3 is 0 Å². The molecule has 1 fully saturated rings. The molecule has 0 unspecified atom stereocenters. The maximum absolute atomic E-state index is 13.4. The minimum Gasteiger partial charge on any atom is -0.481 e. The van der Waals surface area contributed by atoms with E-state index in [0.29, 0.717) is 29.4 Å². The monoisotopic (exact) mass is 413 g/mol. The SMILES string of the molecule is C[C@@H](Oc1ccc2c(-c3ccc(F)cc3Cl)ccnc2c1)C(=O)N1CC[C@@H](N)C1. The predicted octanol–water partition coefficient (Wildman–Crippen LogP) is 4.02. The van der Waals surface area contributed by atoms with E-state index < -0.39 is 6.10 Å². The zero-order valence-electron chi connectivity index (χ0n) is 15.9. The quantitative estimate of drug-likeness (QED) is 0.701. The summed E-state index contributed by atoms with van der Waals surface area (Å²) in [5, 5.41) is 1.19. The van der Waals surface area contributed by atoms with Crippen LogP contribution in [-0.4, -0.2) is 41.0 Å². The molecule has 0 saturated carbocycles. The molecule has 4 rings (SSSR count). The third kappa shape index (κ3) is 4.04. The second-order valence-corrected chi connectivity index (χ2v) is 7.66. The fraction of sp³-hybridized carbons (Fsp3) is 0.273.